The zero-order valence-corrected chi connectivity index (χ0v) is 23.5. The van der Waals surface area contributed by atoms with Crippen LogP contribution in [-0.2, 0) is 29.7 Å². The Morgan fingerprint density at radius 1 is 0.775 bits per heavy atom. The second kappa shape index (κ2) is 14.1. The van der Waals surface area contributed by atoms with Gasteiger partial charge in [0.05, 0.1) is 31.2 Å². The molecule has 1 atom stereocenters. The highest BCUT2D eigenvalue weighted by atomic mass is 32.2. The van der Waals surface area contributed by atoms with E-state index in [0.717, 1.165) is 16.7 Å². The molecule has 4 aromatic carbocycles. The van der Waals surface area contributed by atoms with Crippen LogP contribution in [0.15, 0.2) is 109 Å². The quantitative estimate of drug-likeness (QED) is 0.231. The number of anilines is 1. The van der Waals surface area contributed by atoms with Crippen LogP contribution in [0.1, 0.15) is 28.4 Å². The first-order chi connectivity index (χ1) is 19.3. The van der Waals surface area contributed by atoms with Crippen molar-refractivity contribution in [1.82, 2.24) is 4.90 Å². The summed E-state index contributed by atoms with van der Waals surface area (Å²) in [4.78, 5) is 1.97. The van der Waals surface area contributed by atoms with Crippen molar-refractivity contribution in [2.24, 2.45) is 0 Å². The van der Waals surface area contributed by atoms with Crippen molar-refractivity contribution in [2.75, 3.05) is 30.3 Å². The Kier molecular flexibility index (Phi) is 10.3. The molecule has 0 aliphatic heterocycles. The third-order valence-corrected chi connectivity index (χ3v) is 7.67. The number of benzene rings is 4. The Hall–Kier alpha value is -3.69. The third-order valence-electron chi connectivity index (χ3n) is 6.54. The molecule has 0 saturated carbocycles. The molecule has 40 heavy (non-hydrogen) atoms. The maximum Gasteiger partial charge on any atom is 0.232 e. The maximum absolute atomic E-state index is 13.1. The maximum atomic E-state index is 13.1. The van der Waals surface area contributed by atoms with E-state index in [0.29, 0.717) is 30.1 Å². The number of sulfonamides is 1. The highest BCUT2D eigenvalue weighted by Crippen LogP contribution is 2.35. The molecule has 8 heteroatoms. The van der Waals surface area contributed by atoms with Crippen molar-refractivity contribution < 1.29 is 23.4 Å². The van der Waals surface area contributed by atoms with Gasteiger partial charge >= 0.3 is 0 Å². The number of ether oxygens (including phenoxy) is 1. The Morgan fingerprint density at radius 2 is 1.32 bits per heavy atom. The van der Waals surface area contributed by atoms with E-state index in [2.05, 4.69) is 0 Å². The molecule has 4 rings (SSSR count). The third kappa shape index (κ3) is 8.40. The molecule has 0 fully saturated rings. The molecule has 0 bridgehead atoms. The Morgan fingerprint density at radius 3 is 1.88 bits per heavy atom. The largest absolute Gasteiger partial charge is 0.487 e. The van der Waals surface area contributed by atoms with Gasteiger partial charge in [0.15, 0.2) is 0 Å². The van der Waals surface area contributed by atoms with Crippen LogP contribution < -0.4 is 9.04 Å². The zero-order chi connectivity index (χ0) is 28.4. The van der Waals surface area contributed by atoms with Crippen LogP contribution in [0.2, 0.25) is 0 Å². The van der Waals surface area contributed by atoms with Crippen molar-refractivity contribution in [3.63, 3.8) is 0 Å². The second-order valence-corrected chi connectivity index (χ2v) is 11.6. The number of nitrogens with zero attached hydrogens (tertiary/aromatic N) is 2. The first-order valence-electron chi connectivity index (χ1n) is 13.2. The van der Waals surface area contributed by atoms with Gasteiger partial charge in [-0.05, 0) is 34.4 Å². The molecule has 0 heterocycles. The average molecular weight is 561 g/mol. The lowest BCUT2D eigenvalue weighted by molar-refractivity contribution is 0.0956. The summed E-state index contributed by atoms with van der Waals surface area (Å²) in [5.74, 6) is 0.401. The Bertz CT molecular complexity index is 1430. The van der Waals surface area contributed by atoms with Crippen LogP contribution in [0.25, 0.3) is 0 Å². The van der Waals surface area contributed by atoms with Crippen LogP contribution in [0, 0.1) is 0 Å². The molecule has 0 aromatic heterocycles. The van der Waals surface area contributed by atoms with Gasteiger partial charge in [-0.25, -0.2) is 8.42 Å². The standard InChI is InChI=1S/C32H36N2O5S/c1-40(37,38)34(23-27-13-7-3-8-14-27)30-21-29(17-18-32(30)39-25-28-15-9-4-10-16-28)31(36)24-33(19-20-35)22-26-11-5-2-6-12-26/h2-18,21,31,35-36H,19-20,22-25H2,1H3/t31-/m0/s1. The second-order valence-electron chi connectivity index (χ2n) is 9.72. The summed E-state index contributed by atoms with van der Waals surface area (Å²) in [6.07, 6.45) is 0.249. The number of hydrogen-bond donors (Lipinski definition) is 2. The normalized spacial score (nSPS) is 12.3. The molecule has 4 aromatic rings. The van der Waals surface area contributed by atoms with Gasteiger partial charge in [-0.3, -0.25) is 9.21 Å². The summed E-state index contributed by atoms with van der Waals surface area (Å²) in [7, 11) is -3.71. The number of aliphatic hydroxyl groups excluding tert-OH is 2. The van der Waals surface area contributed by atoms with Gasteiger partial charge in [-0.1, -0.05) is 97.1 Å². The van der Waals surface area contributed by atoms with Gasteiger partial charge in [-0.15, -0.1) is 0 Å². The fraction of sp³-hybridized carbons (Fsp3) is 0.250. The first-order valence-corrected chi connectivity index (χ1v) is 15.1. The van der Waals surface area contributed by atoms with E-state index < -0.39 is 16.1 Å². The summed E-state index contributed by atoms with van der Waals surface area (Å²) in [6.45, 7) is 1.55. The molecule has 210 valence electrons. The lowest BCUT2D eigenvalue weighted by atomic mass is 10.1. The molecular weight excluding hydrogens is 524 g/mol. The lowest BCUT2D eigenvalue weighted by Gasteiger charge is -2.28. The lowest BCUT2D eigenvalue weighted by Crippen LogP contribution is -2.32. The highest BCUT2D eigenvalue weighted by Gasteiger charge is 2.24. The minimum Gasteiger partial charge on any atom is -0.487 e. The summed E-state index contributed by atoms with van der Waals surface area (Å²) in [6, 6.07) is 34.0. The van der Waals surface area contributed by atoms with Crippen molar-refractivity contribution >= 4 is 15.7 Å². The van der Waals surface area contributed by atoms with E-state index in [9.17, 15) is 18.6 Å². The van der Waals surface area contributed by atoms with Gasteiger partial charge in [0.2, 0.25) is 10.0 Å². The molecule has 0 saturated heterocycles. The summed E-state index contributed by atoms with van der Waals surface area (Å²) < 4.78 is 33.6. The van der Waals surface area contributed by atoms with E-state index >= 15 is 0 Å². The van der Waals surface area contributed by atoms with E-state index in [1.54, 1.807) is 18.2 Å². The monoisotopic (exact) mass is 560 g/mol. The molecular formula is C32H36N2O5S. The SMILES string of the molecule is CS(=O)(=O)N(Cc1ccccc1)c1cc([C@@H](O)CN(CCO)Cc2ccccc2)ccc1OCc1ccccc1. The highest BCUT2D eigenvalue weighted by molar-refractivity contribution is 7.92. The van der Waals surface area contributed by atoms with Gasteiger partial charge in [-0.2, -0.15) is 0 Å². The summed E-state index contributed by atoms with van der Waals surface area (Å²) in [5, 5.41) is 20.9. The van der Waals surface area contributed by atoms with Crippen molar-refractivity contribution in [3.05, 3.63) is 131 Å². The fourth-order valence-electron chi connectivity index (χ4n) is 4.49. The summed E-state index contributed by atoms with van der Waals surface area (Å²) >= 11 is 0. The number of hydrogen-bond acceptors (Lipinski definition) is 6. The van der Waals surface area contributed by atoms with Crippen molar-refractivity contribution in [2.45, 2.75) is 25.8 Å². The predicted octanol–water partition coefficient (Wildman–Crippen LogP) is 4.76. The smallest absolute Gasteiger partial charge is 0.232 e. The molecule has 7 nitrogen and oxygen atoms in total. The molecule has 2 N–H and O–H groups in total. The molecule has 0 radical (unpaired) electrons. The summed E-state index contributed by atoms with van der Waals surface area (Å²) in [5.41, 5.74) is 3.76. The van der Waals surface area contributed by atoms with Crippen LogP contribution in [-0.4, -0.2) is 49.5 Å². The molecule has 0 aliphatic carbocycles. The van der Waals surface area contributed by atoms with E-state index in [-0.39, 0.29) is 26.3 Å². The molecule has 0 unspecified atom stereocenters. The molecule has 0 spiro atoms. The van der Waals surface area contributed by atoms with Gasteiger partial charge < -0.3 is 14.9 Å². The van der Waals surface area contributed by atoms with Crippen LogP contribution in [0.3, 0.4) is 0 Å². The van der Waals surface area contributed by atoms with Gasteiger partial charge in [0.25, 0.3) is 0 Å². The molecule has 0 amide bonds. The number of rotatable bonds is 14. The predicted molar refractivity (Wildman–Crippen MR) is 158 cm³/mol. The van der Waals surface area contributed by atoms with E-state index in [4.69, 9.17) is 4.74 Å². The minimum atomic E-state index is -3.71. The van der Waals surface area contributed by atoms with Gasteiger partial charge in [0, 0.05) is 19.6 Å². The van der Waals surface area contributed by atoms with Crippen LogP contribution >= 0.6 is 0 Å². The zero-order valence-electron chi connectivity index (χ0n) is 22.6. The van der Waals surface area contributed by atoms with E-state index in [1.165, 1.54) is 10.6 Å². The molecule has 0 aliphatic rings. The topological polar surface area (TPSA) is 90.3 Å². The Balaban J connectivity index is 1.65. The number of aliphatic hydroxyl groups is 2. The van der Waals surface area contributed by atoms with Crippen LogP contribution in [0.5, 0.6) is 5.75 Å². The fourth-order valence-corrected chi connectivity index (χ4v) is 5.38. The Labute approximate surface area is 237 Å². The van der Waals surface area contributed by atoms with Gasteiger partial charge in [0.1, 0.15) is 12.4 Å². The van der Waals surface area contributed by atoms with Crippen molar-refractivity contribution in [1.29, 1.82) is 0 Å². The van der Waals surface area contributed by atoms with Crippen molar-refractivity contribution in [3.8, 4) is 5.75 Å². The van der Waals surface area contributed by atoms with Crippen LogP contribution in [0.4, 0.5) is 5.69 Å². The van der Waals surface area contributed by atoms with E-state index in [1.807, 2.05) is 95.9 Å². The first kappa shape index (κ1) is 29.3. The minimum absolute atomic E-state index is 0.0456. The average Bonchev–Trinajstić information content (AvgIpc) is 2.96.